The zero-order valence-corrected chi connectivity index (χ0v) is 11.9. The molecule has 1 unspecified atom stereocenters. The summed E-state index contributed by atoms with van der Waals surface area (Å²) in [5.74, 6) is -0.257. The third kappa shape index (κ3) is 2.37. The number of benzene rings is 1. The topological polar surface area (TPSA) is 66.6 Å². The molecule has 0 aromatic heterocycles. The summed E-state index contributed by atoms with van der Waals surface area (Å²) >= 11 is 3.39. The van der Waals surface area contributed by atoms with Crippen LogP contribution in [0.2, 0.25) is 0 Å². The summed E-state index contributed by atoms with van der Waals surface area (Å²) in [4.78, 5) is 13.6. The average molecular weight is 313 g/mol. The molecule has 5 heteroatoms. The number of carbonyl (C=O) groups excluding carboxylic acids is 1. The van der Waals surface area contributed by atoms with Crippen LogP contribution in [0.4, 0.5) is 5.69 Å². The van der Waals surface area contributed by atoms with Crippen molar-refractivity contribution in [1.29, 1.82) is 0 Å². The first kappa shape index (κ1) is 13.4. The molecule has 98 valence electrons. The minimum Gasteiger partial charge on any atom is -0.392 e. The Kier molecular flexibility index (Phi) is 3.64. The molecule has 0 radical (unpaired) electrons. The van der Waals surface area contributed by atoms with Crippen LogP contribution in [0.25, 0.3) is 0 Å². The standard InChI is InChI=1S/C13H17BrN2O2/c1-13(12(15)18)4-5-16(8-13)11-3-2-10(14)6-9(11)7-17/h2-3,6,17H,4-5,7-8H2,1H3,(H2,15,18). The molecular formula is C13H17BrN2O2. The summed E-state index contributed by atoms with van der Waals surface area (Å²) < 4.78 is 0.937. The maximum absolute atomic E-state index is 11.4. The molecule has 1 fully saturated rings. The zero-order valence-electron chi connectivity index (χ0n) is 10.3. The van der Waals surface area contributed by atoms with E-state index in [0.29, 0.717) is 6.54 Å². The van der Waals surface area contributed by atoms with Gasteiger partial charge in [-0.1, -0.05) is 15.9 Å². The fourth-order valence-electron chi connectivity index (χ4n) is 2.36. The van der Waals surface area contributed by atoms with E-state index < -0.39 is 5.41 Å². The van der Waals surface area contributed by atoms with Crippen molar-refractivity contribution in [3.8, 4) is 0 Å². The third-order valence-electron chi connectivity index (χ3n) is 3.62. The number of hydrogen-bond donors (Lipinski definition) is 2. The van der Waals surface area contributed by atoms with Gasteiger partial charge < -0.3 is 15.7 Å². The van der Waals surface area contributed by atoms with Crippen molar-refractivity contribution in [2.75, 3.05) is 18.0 Å². The van der Waals surface area contributed by atoms with Crippen molar-refractivity contribution >= 4 is 27.5 Å². The van der Waals surface area contributed by atoms with Gasteiger partial charge in [0.05, 0.1) is 12.0 Å². The van der Waals surface area contributed by atoms with E-state index in [0.717, 1.165) is 28.7 Å². The van der Waals surface area contributed by atoms with Crippen LogP contribution in [-0.2, 0) is 11.4 Å². The van der Waals surface area contributed by atoms with Crippen molar-refractivity contribution in [1.82, 2.24) is 0 Å². The summed E-state index contributed by atoms with van der Waals surface area (Å²) in [5.41, 5.74) is 6.81. The van der Waals surface area contributed by atoms with Crippen molar-refractivity contribution in [2.24, 2.45) is 11.1 Å². The highest BCUT2D eigenvalue weighted by molar-refractivity contribution is 9.10. The second kappa shape index (κ2) is 4.90. The number of primary amides is 1. The molecule has 4 nitrogen and oxygen atoms in total. The predicted octanol–water partition coefficient (Wildman–Crippen LogP) is 1.64. The van der Waals surface area contributed by atoms with Crippen molar-refractivity contribution in [3.05, 3.63) is 28.2 Å². The Balaban J connectivity index is 2.27. The predicted molar refractivity (Wildman–Crippen MR) is 74.2 cm³/mol. The molecule has 0 bridgehead atoms. The fourth-order valence-corrected chi connectivity index (χ4v) is 2.77. The van der Waals surface area contributed by atoms with E-state index in [2.05, 4.69) is 20.8 Å². The molecule has 1 aromatic carbocycles. The van der Waals surface area contributed by atoms with Gasteiger partial charge in [0.2, 0.25) is 5.91 Å². The lowest BCUT2D eigenvalue weighted by Gasteiger charge is -2.24. The molecule has 3 N–H and O–H groups in total. The van der Waals surface area contributed by atoms with Gasteiger partial charge in [-0.3, -0.25) is 4.79 Å². The molecular weight excluding hydrogens is 296 g/mol. The quantitative estimate of drug-likeness (QED) is 0.891. The van der Waals surface area contributed by atoms with Gasteiger partial charge in [0, 0.05) is 28.8 Å². The van der Waals surface area contributed by atoms with Gasteiger partial charge >= 0.3 is 0 Å². The van der Waals surface area contributed by atoms with Crippen LogP contribution < -0.4 is 10.6 Å². The first-order chi connectivity index (χ1) is 8.46. The van der Waals surface area contributed by atoms with Crippen molar-refractivity contribution in [2.45, 2.75) is 20.0 Å². The molecule has 0 aliphatic carbocycles. The van der Waals surface area contributed by atoms with Gasteiger partial charge in [-0.2, -0.15) is 0 Å². The fraction of sp³-hybridized carbons (Fsp3) is 0.462. The highest BCUT2D eigenvalue weighted by Crippen LogP contribution is 2.35. The maximum atomic E-state index is 11.4. The van der Waals surface area contributed by atoms with Gasteiger partial charge in [0.15, 0.2) is 0 Å². The van der Waals surface area contributed by atoms with Gasteiger partial charge in [-0.25, -0.2) is 0 Å². The second-order valence-corrected chi connectivity index (χ2v) is 5.94. The van der Waals surface area contributed by atoms with E-state index >= 15 is 0 Å². The smallest absolute Gasteiger partial charge is 0.225 e. The average Bonchev–Trinajstić information content (AvgIpc) is 2.73. The molecule has 1 amide bonds. The maximum Gasteiger partial charge on any atom is 0.225 e. The van der Waals surface area contributed by atoms with E-state index in [4.69, 9.17) is 5.73 Å². The molecule has 2 rings (SSSR count). The molecule has 1 heterocycles. The van der Waals surface area contributed by atoms with Gasteiger partial charge in [-0.05, 0) is 31.5 Å². The Morgan fingerprint density at radius 1 is 1.61 bits per heavy atom. The molecule has 1 saturated heterocycles. The third-order valence-corrected chi connectivity index (χ3v) is 4.11. The zero-order chi connectivity index (χ0) is 13.3. The van der Waals surface area contributed by atoms with Gasteiger partial charge in [-0.15, -0.1) is 0 Å². The SMILES string of the molecule is CC1(C(N)=O)CCN(c2ccc(Br)cc2CO)C1. The molecule has 1 aromatic rings. The Hall–Kier alpha value is -1.07. The van der Waals surface area contributed by atoms with Crippen LogP contribution in [-0.4, -0.2) is 24.1 Å². The summed E-state index contributed by atoms with van der Waals surface area (Å²) in [5, 5.41) is 9.40. The lowest BCUT2D eigenvalue weighted by Crippen LogP contribution is -2.37. The van der Waals surface area contributed by atoms with Crippen molar-refractivity contribution in [3.63, 3.8) is 0 Å². The highest BCUT2D eigenvalue weighted by atomic mass is 79.9. The minimum atomic E-state index is -0.472. The number of nitrogens with zero attached hydrogens (tertiary/aromatic N) is 1. The second-order valence-electron chi connectivity index (χ2n) is 5.03. The molecule has 0 saturated carbocycles. The van der Waals surface area contributed by atoms with E-state index in [1.165, 1.54) is 0 Å². The van der Waals surface area contributed by atoms with Crippen LogP contribution in [0.1, 0.15) is 18.9 Å². The van der Waals surface area contributed by atoms with E-state index in [-0.39, 0.29) is 12.5 Å². The minimum absolute atomic E-state index is 0.0153. The Morgan fingerprint density at radius 2 is 2.33 bits per heavy atom. The summed E-state index contributed by atoms with van der Waals surface area (Å²) in [6.45, 7) is 3.27. The Morgan fingerprint density at radius 3 is 2.89 bits per heavy atom. The number of halogens is 1. The summed E-state index contributed by atoms with van der Waals surface area (Å²) in [7, 11) is 0. The number of carbonyl (C=O) groups is 1. The first-order valence-corrected chi connectivity index (χ1v) is 6.70. The molecule has 1 atom stereocenters. The number of rotatable bonds is 3. The summed E-state index contributed by atoms with van der Waals surface area (Å²) in [6.07, 6.45) is 0.753. The van der Waals surface area contributed by atoms with E-state index in [1.54, 1.807) is 0 Å². The van der Waals surface area contributed by atoms with Crippen LogP contribution >= 0.6 is 15.9 Å². The number of aliphatic hydroxyl groups is 1. The number of nitrogens with two attached hydrogens (primary N) is 1. The number of amides is 1. The normalized spacial score (nSPS) is 23.4. The van der Waals surface area contributed by atoms with Gasteiger partial charge in [0.25, 0.3) is 0 Å². The van der Waals surface area contributed by atoms with Crippen LogP contribution in [0.5, 0.6) is 0 Å². The highest BCUT2D eigenvalue weighted by Gasteiger charge is 2.39. The van der Waals surface area contributed by atoms with Gasteiger partial charge in [0.1, 0.15) is 0 Å². The molecule has 1 aliphatic heterocycles. The summed E-state index contributed by atoms with van der Waals surface area (Å²) in [6, 6.07) is 5.80. The van der Waals surface area contributed by atoms with E-state index in [9.17, 15) is 9.90 Å². The first-order valence-electron chi connectivity index (χ1n) is 5.90. The number of aliphatic hydroxyl groups excluding tert-OH is 1. The lowest BCUT2D eigenvalue weighted by atomic mass is 9.89. The molecule has 0 spiro atoms. The van der Waals surface area contributed by atoms with Crippen molar-refractivity contribution < 1.29 is 9.90 Å². The lowest BCUT2D eigenvalue weighted by molar-refractivity contribution is -0.125. The molecule has 18 heavy (non-hydrogen) atoms. The van der Waals surface area contributed by atoms with Crippen LogP contribution in [0.3, 0.4) is 0 Å². The van der Waals surface area contributed by atoms with Crippen LogP contribution in [0, 0.1) is 5.41 Å². The monoisotopic (exact) mass is 312 g/mol. The Labute approximate surface area is 115 Å². The largest absolute Gasteiger partial charge is 0.392 e. The molecule has 1 aliphatic rings. The van der Waals surface area contributed by atoms with Crippen LogP contribution in [0.15, 0.2) is 22.7 Å². The van der Waals surface area contributed by atoms with E-state index in [1.807, 2.05) is 25.1 Å². The Bertz CT molecular complexity index is 478. The number of hydrogen-bond acceptors (Lipinski definition) is 3. The number of anilines is 1.